The quantitative estimate of drug-likeness (QED) is 0.721. The topological polar surface area (TPSA) is 52.6 Å². The van der Waals surface area contributed by atoms with Crippen molar-refractivity contribution in [3.8, 4) is 0 Å². The molecule has 4 rings (SSSR count). The Morgan fingerprint density at radius 2 is 0.964 bits per heavy atom. The Bertz CT molecular complexity index is 984. The van der Waals surface area contributed by atoms with E-state index in [4.69, 9.17) is 9.47 Å². The highest BCUT2D eigenvalue weighted by Gasteiger charge is 2.31. The van der Waals surface area contributed by atoms with Crippen molar-refractivity contribution >= 4 is 23.1 Å². The highest BCUT2D eigenvalue weighted by molar-refractivity contribution is 6.25. The van der Waals surface area contributed by atoms with E-state index in [9.17, 15) is 9.59 Å². The van der Waals surface area contributed by atoms with Gasteiger partial charge in [-0.05, 0) is 26.0 Å². The lowest BCUT2D eigenvalue weighted by Crippen LogP contribution is -2.19. The van der Waals surface area contributed by atoms with Gasteiger partial charge in [-0.3, -0.25) is 9.59 Å². The number of ether oxygens (including phenoxy) is 2. The van der Waals surface area contributed by atoms with Crippen molar-refractivity contribution in [3.05, 3.63) is 94.1 Å². The minimum atomic E-state index is -0.186. The van der Waals surface area contributed by atoms with Gasteiger partial charge in [-0.25, -0.2) is 0 Å². The molecule has 0 amide bonds. The summed E-state index contributed by atoms with van der Waals surface area (Å²) >= 11 is 0. The van der Waals surface area contributed by atoms with E-state index in [1.54, 1.807) is 24.3 Å². The average Bonchev–Trinajstić information content (AvgIpc) is 2.73. The molecule has 28 heavy (non-hydrogen) atoms. The summed E-state index contributed by atoms with van der Waals surface area (Å²) in [5.41, 5.74) is 3.23. The summed E-state index contributed by atoms with van der Waals surface area (Å²) in [7, 11) is 0. The van der Waals surface area contributed by atoms with Gasteiger partial charge in [0.15, 0.2) is 11.6 Å². The molecule has 0 unspecified atom stereocenters. The first-order valence-electron chi connectivity index (χ1n) is 9.37. The highest BCUT2D eigenvalue weighted by atomic mass is 16.5. The number of Topliss-reactive ketones (excluding diaryl/α,β-unsaturated/α-hetero) is 2. The summed E-state index contributed by atoms with van der Waals surface area (Å²) in [6, 6.07) is 14.6. The number of fused-ring (bicyclic) bond motifs is 2. The Morgan fingerprint density at radius 1 is 0.607 bits per heavy atom. The van der Waals surface area contributed by atoms with Gasteiger partial charge < -0.3 is 9.47 Å². The lowest BCUT2D eigenvalue weighted by atomic mass is 9.83. The van der Waals surface area contributed by atoms with Gasteiger partial charge in [0, 0.05) is 33.4 Å². The maximum absolute atomic E-state index is 13.2. The largest absolute Gasteiger partial charge is 0.493 e. The van der Waals surface area contributed by atoms with E-state index in [1.807, 2.05) is 50.2 Å². The summed E-state index contributed by atoms with van der Waals surface area (Å²) in [6.45, 7) is 4.71. The first-order valence-corrected chi connectivity index (χ1v) is 9.37. The van der Waals surface area contributed by atoms with E-state index in [0.717, 1.165) is 11.1 Å². The highest BCUT2D eigenvalue weighted by Crippen LogP contribution is 2.36. The van der Waals surface area contributed by atoms with Crippen molar-refractivity contribution in [2.24, 2.45) is 0 Å². The van der Waals surface area contributed by atoms with Gasteiger partial charge >= 0.3 is 0 Å². The zero-order valence-electron chi connectivity index (χ0n) is 15.8. The Labute approximate surface area is 163 Å². The van der Waals surface area contributed by atoms with Gasteiger partial charge in [-0.15, -0.1) is 0 Å². The molecule has 0 fully saturated rings. The van der Waals surface area contributed by atoms with Crippen LogP contribution in [-0.4, -0.2) is 24.8 Å². The average molecular weight is 372 g/mol. The van der Waals surface area contributed by atoms with Gasteiger partial charge in [0.2, 0.25) is 0 Å². The number of carbonyl (C=O) groups is 2. The fourth-order valence-corrected chi connectivity index (χ4v) is 3.58. The number of rotatable bonds is 4. The summed E-state index contributed by atoms with van der Waals surface area (Å²) in [5, 5.41) is 0. The number of hydrogen-bond acceptors (Lipinski definition) is 4. The van der Waals surface area contributed by atoms with E-state index in [2.05, 4.69) is 0 Å². The van der Waals surface area contributed by atoms with Crippen LogP contribution in [0.15, 0.2) is 71.8 Å². The van der Waals surface area contributed by atoms with Crippen LogP contribution in [0.1, 0.15) is 45.7 Å². The standard InChI is InChI=1S/C24H20O4/c1-3-27-21-13-19(23(25)17-11-7-5-9-15(17)21)20-14-22(28-4-2)16-10-6-8-12-18(16)24(20)26/h5-14H,3-4H2,1-2H3/b20-19+. The maximum Gasteiger partial charge on any atom is 0.194 e. The minimum Gasteiger partial charge on any atom is -0.493 e. The lowest BCUT2D eigenvalue weighted by Gasteiger charge is -2.23. The van der Waals surface area contributed by atoms with Gasteiger partial charge in [0.05, 0.1) is 13.2 Å². The van der Waals surface area contributed by atoms with Crippen LogP contribution in [0.3, 0.4) is 0 Å². The molecule has 2 aromatic carbocycles. The number of carbonyl (C=O) groups excluding carboxylic acids is 2. The lowest BCUT2D eigenvalue weighted by molar-refractivity contribution is 0.100. The molecule has 0 aromatic heterocycles. The second kappa shape index (κ2) is 7.31. The summed E-state index contributed by atoms with van der Waals surface area (Å²) in [5.74, 6) is 0.819. The fourth-order valence-electron chi connectivity index (χ4n) is 3.58. The summed E-state index contributed by atoms with van der Waals surface area (Å²) < 4.78 is 11.5. The van der Waals surface area contributed by atoms with Crippen molar-refractivity contribution in [2.45, 2.75) is 13.8 Å². The molecule has 0 N–H and O–H groups in total. The van der Waals surface area contributed by atoms with E-state index < -0.39 is 0 Å². The molecule has 2 aliphatic carbocycles. The van der Waals surface area contributed by atoms with E-state index in [-0.39, 0.29) is 11.6 Å². The number of benzene rings is 2. The van der Waals surface area contributed by atoms with E-state index in [0.29, 0.717) is 47.0 Å². The van der Waals surface area contributed by atoms with Crippen LogP contribution in [0.25, 0.3) is 11.5 Å². The second-order valence-electron chi connectivity index (χ2n) is 6.46. The number of hydrogen-bond donors (Lipinski definition) is 0. The van der Waals surface area contributed by atoms with Crippen molar-refractivity contribution < 1.29 is 19.1 Å². The van der Waals surface area contributed by atoms with Crippen LogP contribution in [0.2, 0.25) is 0 Å². The molecule has 0 aliphatic heterocycles. The summed E-state index contributed by atoms with van der Waals surface area (Å²) in [6.07, 6.45) is 3.35. The normalized spacial score (nSPS) is 18.1. The van der Waals surface area contributed by atoms with Crippen molar-refractivity contribution in [1.29, 1.82) is 0 Å². The van der Waals surface area contributed by atoms with Crippen molar-refractivity contribution in [2.75, 3.05) is 13.2 Å². The monoisotopic (exact) mass is 372 g/mol. The van der Waals surface area contributed by atoms with Crippen LogP contribution in [0, 0.1) is 0 Å². The van der Waals surface area contributed by atoms with Crippen LogP contribution >= 0.6 is 0 Å². The molecule has 4 nitrogen and oxygen atoms in total. The van der Waals surface area contributed by atoms with E-state index >= 15 is 0 Å². The third-order valence-corrected chi connectivity index (χ3v) is 4.80. The van der Waals surface area contributed by atoms with Crippen molar-refractivity contribution in [1.82, 2.24) is 0 Å². The predicted molar refractivity (Wildman–Crippen MR) is 108 cm³/mol. The first kappa shape index (κ1) is 18.0. The van der Waals surface area contributed by atoms with Gasteiger partial charge in [-0.1, -0.05) is 48.5 Å². The Kier molecular flexibility index (Phi) is 4.70. The van der Waals surface area contributed by atoms with Crippen LogP contribution in [0.5, 0.6) is 0 Å². The molecule has 0 saturated carbocycles. The molecule has 0 atom stereocenters. The zero-order valence-corrected chi connectivity index (χ0v) is 15.8. The molecule has 2 aromatic rings. The van der Waals surface area contributed by atoms with E-state index in [1.165, 1.54) is 0 Å². The Morgan fingerprint density at radius 3 is 1.32 bits per heavy atom. The molecular formula is C24H20O4. The Hall–Kier alpha value is -3.40. The van der Waals surface area contributed by atoms with Crippen LogP contribution in [0.4, 0.5) is 0 Å². The SMILES string of the molecule is CCOC1=C/C(=C2/C=C(OCC)c3ccccc3C2=O)C(=O)c2ccccc21. The molecule has 0 radical (unpaired) electrons. The van der Waals surface area contributed by atoms with Gasteiger partial charge in [0.1, 0.15) is 11.5 Å². The fraction of sp³-hybridized carbons (Fsp3) is 0.167. The van der Waals surface area contributed by atoms with Crippen molar-refractivity contribution in [3.63, 3.8) is 0 Å². The third-order valence-electron chi connectivity index (χ3n) is 4.80. The molecular weight excluding hydrogens is 352 g/mol. The number of ketones is 2. The molecule has 0 heterocycles. The molecule has 140 valence electrons. The smallest absolute Gasteiger partial charge is 0.194 e. The Balaban J connectivity index is 1.95. The molecule has 0 bridgehead atoms. The van der Waals surface area contributed by atoms with Crippen LogP contribution < -0.4 is 0 Å². The molecule has 0 spiro atoms. The predicted octanol–water partition coefficient (Wildman–Crippen LogP) is 4.83. The molecule has 0 saturated heterocycles. The van der Waals surface area contributed by atoms with Gasteiger partial charge in [0.25, 0.3) is 0 Å². The molecule has 2 aliphatic rings. The third kappa shape index (κ3) is 2.87. The molecule has 4 heteroatoms. The minimum absolute atomic E-state index is 0.186. The second-order valence-corrected chi connectivity index (χ2v) is 6.46. The summed E-state index contributed by atoms with van der Waals surface area (Å²) in [4.78, 5) is 26.4. The number of allylic oxidation sites excluding steroid dienone is 4. The van der Waals surface area contributed by atoms with Crippen LogP contribution in [-0.2, 0) is 9.47 Å². The first-order chi connectivity index (χ1) is 13.7. The maximum atomic E-state index is 13.2. The zero-order chi connectivity index (χ0) is 19.7. The van der Waals surface area contributed by atoms with Gasteiger partial charge in [-0.2, -0.15) is 0 Å².